The van der Waals surface area contributed by atoms with Gasteiger partial charge in [-0.05, 0) is 35.7 Å². The minimum absolute atomic E-state index is 0.284. The smallest absolute Gasteiger partial charge is 0.340 e. The van der Waals surface area contributed by atoms with Crippen LogP contribution in [0.4, 0.5) is 5.82 Å². The van der Waals surface area contributed by atoms with Crippen molar-refractivity contribution in [1.82, 2.24) is 4.98 Å². The molecular formula is C22H20N2O2. The Balaban J connectivity index is 1.71. The van der Waals surface area contributed by atoms with Crippen molar-refractivity contribution in [1.29, 1.82) is 0 Å². The van der Waals surface area contributed by atoms with Crippen LogP contribution in [0.3, 0.4) is 0 Å². The first-order valence-electron chi connectivity index (χ1n) is 8.81. The number of rotatable bonds is 5. The molecule has 1 aliphatic heterocycles. The molecule has 0 N–H and O–H groups in total. The number of benzene rings is 2. The standard InChI is InChI=1S/C22H20N2O2/c1-2-16-10-12-17(13-11-16)15-24(20-9-5-6-14-23-20)21-18-7-3-4-8-19(18)22(25)26-21/h3-14,21H,2,15H2,1H3. The van der Waals surface area contributed by atoms with Gasteiger partial charge in [0.15, 0.2) is 0 Å². The van der Waals surface area contributed by atoms with E-state index in [4.69, 9.17) is 4.74 Å². The number of hydrogen-bond donors (Lipinski definition) is 0. The normalized spacial score (nSPS) is 15.4. The molecule has 0 fully saturated rings. The lowest BCUT2D eigenvalue weighted by Gasteiger charge is -2.29. The lowest BCUT2D eigenvalue weighted by molar-refractivity contribution is 0.0373. The van der Waals surface area contributed by atoms with Crippen LogP contribution in [-0.4, -0.2) is 11.0 Å². The second kappa shape index (κ2) is 7.00. The molecule has 1 aliphatic rings. The number of carbonyl (C=O) groups excluding carboxylic acids is 1. The number of aromatic nitrogens is 1. The van der Waals surface area contributed by atoms with E-state index in [0.717, 1.165) is 23.4 Å². The van der Waals surface area contributed by atoms with Crippen molar-refractivity contribution in [3.05, 3.63) is 95.2 Å². The van der Waals surface area contributed by atoms with E-state index in [9.17, 15) is 4.79 Å². The van der Waals surface area contributed by atoms with Gasteiger partial charge in [-0.15, -0.1) is 0 Å². The quantitative estimate of drug-likeness (QED) is 0.638. The van der Waals surface area contributed by atoms with E-state index < -0.39 is 6.23 Å². The molecule has 3 aromatic rings. The highest BCUT2D eigenvalue weighted by molar-refractivity contribution is 5.94. The number of cyclic esters (lactones) is 1. The Kier molecular flexibility index (Phi) is 4.40. The molecule has 0 spiro atoms. The zero-order valence-corrected chi connectivity index (χ0v) is 14.6. The van der Waals surface area contributed by atoms with Crippen LogP contribution in [-0.2, 0) is 17.7 Å². The average Bonchev–Trinajstić information content (AvgIpc) is 3.04. The summed E-state index contributed by atoms with van der Waals surface area (Å²) in [7, 11) is 0. The first kappa shape index (κ1) is 16.3. The van der Waals surface area contributed by atoms with Crippen molar-refractivity contribution in [2.24, 2.45) is 0 Å². The van der Waals surface area contributed by atoms with E-state index in [1.54, 1.807) is 6.20 Å². The summed E-state index contributed by atoms with van der Waals surface area (Å²) in [6.45, 7) is 2.75. The molecule has 1 atom stereocenters. The Hall–Kier alpha value is -3.14. The van der Waals surface area contributed by atoms with Crippen LogP contribution < -0.4 is 4.90 Å². The summed E-state index contributed by atoms with van der Waals surface area (Å²) >= 11 is 0. The van der Waals surface area contributed by atoms with Crippen LogP contribution in [0.1, 0.15) is 40.2 Å². The molecule has 0 bridgehead atoms. The second-order valence-electron chi connectivity index (χ2n) is 6.33. The molecule has 0 saturated carbocycles. The summed E-state index contributed by atoms with van der Waals surface area (Å²) in [5.41, 5.74) is 3.96. The van der Waals surface area contributed by atoms with Crippen molar-refractivity contribution in [2.75, 3.05) is 4.90 Å². The lowest BCUT2D eigenvalue weighted by Crippen LogP contribution is -2.29. The highest BCUT2D eigenvalue weighted by Crippen LogP contribution is 2.36. The molecule has 1 aromatic heterocycles. The number of esters is 1. The molecule has 2 aromatic carbocycles. The topological polar surface area (TPSA) is 42.4 Å². The number of hydrogen-bond acceptors (Lipinski definition) is 4. The van der Waals surface area contributed by atoms with Crippen molar-refractivity contribution in [3.8, 4) is 0 Å². The highest BCUT2D eigenvalue weighted by atomic mass is 16.6. The lowest BCUT2D eigenvalue weighted by atomic mass is 10.1. The highest BCUT2D eigenvalue weighted by Gasteiger charge is 2.35. The summed E-state index contributed by atoms with van der Waals surface area (Å²) < 4.78 is 5.71. The summed E-state index contributed by atoms with van der Waals surface area (Å²) in [5, 5.41) is 0. The van der Waals surface area contributed by atoms with Crippen LogP contribution in [0.5, 0.6) is 0 Å². The fraction of sp³-hybridized carbons (Fsp3) is 0.182. The molecule has 130 valence electrons. The van der Waals surface area contributed by atoms with Crippen molar-refractivity contribution in [3.63, 3.8) is 0 Å². The Bertz CT molecular complexity index is 907. The fourth-order valence-electron chi connectivity index (χ4n) is 3.24. The molecular weight excluding hydrogens is 324 g/mol. The number of pyridine rings is 1. The summed E-state index contributed by atoms with van der Waals surface area (Å²) in [6.07, 6.45) is 2.29. The molecule has 0 saturated heterocycles. The monoisotopic (exact) mass is 344 g/mol. The molecule has 26 heavy (non-hydrogen) atoms. The average molecular weight is 344 g/mol. The number of ether oxygens (including phenoxy) is 1. The predicted molar refractivity (Wildman–Crippen MR) is 101 cm³/mol. The van der Waals surface area contributed by atoms with E-state index in [-0.39, 0.29) is 5.97 Å². The van der Waals surface area contributed by atoms with E-state index in [1.807, 2.05) is 47.4 Å². The minimum atomic E-state index is -0.473. The molecule has 0 radical (unpaired) electrons. The van der Waals surface area contributed by atoms with Gasteiger partial charge in [-0.2, -0.15) is 0 Å². The van der Waals surface area contributed by atoms with Crippen molar-refractivity contribution < 1.29 is 9.53 Å². The minimum Gasteiger partial charge on any atom is -0.433 e. The zero-order chi connectivity index (χ0) is 17.9. The van der Waals surface area contributed by atoms with Gasteiger partial charge < -0.3 is 9.64 Å². The largest absolute Gasteiger partial charge is 0.433 e. The third-order valence-corrected chi connectivity index (χ3v) is 4.68. The molecule has 0 amide bonds. The number of aryl methyl sites for hydroxylation is 1. The van der Waals surface area contributed by atoms with Crippen LogP contribution in [0.25, 0.3) is 0 Å². The van der Waals surface area contributed by atoms with Gasteiger partial charge in [0.1, 0.15) is 5.82 Å². The van der Waals surface area contributed by atoms with Crippen molar-refractivity contribution in [2.45, 2.75) is 26.1 Å². The first-order chi connectivity index (χ1) is 12.8. The maximum absolute atomic E-state index is 12.3. The molecule has 4 heteroatoms. The Morgan fingerprint density at radius 3 is 2.42 bits per heavy atom. The van der Waals surface area contributed by atoms with Gasteiger partial charge in [0, 0.05) is 18.3 Å². The number of nitrogens with zero attached hydrogens (tertiary/aromatic N) is 2. The molecule has 4 nitrogen and oxygen atoms in total. The first-order valence-corrected chi connectivity index (χ1v) is 8.81. The van der Waals surface area contributed by atoms with Crippen LogP contribution in [0.2, 0.25) is 0 Å². The Labute approximate surface area is 153 Å². The van der Waals surface area contributed by atoms with Gasteiger partial charge >= 0.3 is 5.97 Å². The van der Waals surface area contributed by atoms with Crippen LogP contribution >= 0.6 is 0 Å². The fourth-order valence-corrected chi connectivity index (χ4v) is 3.24. The molecule has 4 rings (SSSR count). The Morgan fingerprint density at radius 1 is 0.962 bits per heavy atom. The molecule has 1 unspecified atom stereocenters. The summed E-state index contributed by atoms with van der Waals surface area (Å²) in [6, 6.07) is 21.8. The zero-order valence-electron chi connectivity index (χ0n) is 14.6. The predicted octanol–water partition coefficient (Wildman–Crippen LogP) is 4.52. The maximum Gasteiger partial charge on any atom is 0.340 e. The second-order valence-corrected chi connectivity index (χ2v) is 6.33. The number of anilines is 1. The summed E-state index contributed by atoms with van der Waals surface area (Å²) in [5.74, 6) is 0.495. The number of fused-ring (bicyclic) bond motifs is 1. The third kappa shape index (κ3) is 3.06. The molecule has 0 aliphatic carbocycles. The summed E-state index contributed by atoms with van der Waals surface area (Å²) in [4.78, 5) is 18.8. The Morgan fingerprint density at radius 2 is 1.69 bits per heavy atom. The maximum atomic E-state index is 12.3. The van der Waals surface area contributed by atoms with Gasteiger partial charge in [-0.25, -0.2) is 9.78 Å². The van der Waals surface area contributed by atoms with Crippen molar-refractivity contribution >= 4 is 11.8 Å². The van der Waals surface area contributed by atoms with Gasteiger partial charge in [-0.3, -0.25) is 0 Å². The number of carbonyl (C=O) groups is 1. The van der Waals surface area contributed by atoms with E-state index >= 15 is 0 Å². The van der Waals surface area contributed by atoms with Gasteiger partial charge in [0.2, 0.25) is 6.23 Å². The van der Waals surface area contributed by atoms with Gasteiger partial charge in [0.25, 0.3) is 0 Å². The van der Waals surface area contributed by atoms with Gasteiger partial charge in [-0.1, -0.05) is 55.5 Å². The third-order valence-electron chi connectivity index (χ3n) is 4.68. The molecule has 2 heterocycles. The van der Waals surface area contributed by atoms with E-state index in [2.05, 4.69) is 36.2 Å². The SMILES string of the molecule is CCc1ccc(CN(c2ccccn2)C2OC(=O)c3ccccc32)cc1. The van der Waals surface area contributed by atoms with Crippen LogP contribution in [0.15, 0.2) is 72.9 Å². The van der Waals surface area contributed by atoms with E-state index in [0.29, 0.717) is 12.1 Å². The van der Waals surface area contributed by atoms with Crippen LogP contribution in [0, 0.1) is 0 Å². The van der Waals surface area contributed by atoms with Gasteiger partial charge in [0.05, 0.1) is 5.56 Å². The van der Waals surface area contributed by atoms with E-state index in [1.165, 1.54) is 5.56 Å².